The van der Waals surface area contributed by atoms with Crippen LogP contribution in [0.3, 0.4) is 0 Å². The van der Waals surface area contributed by atoms with Crippen molar-refractivity contribution in [2.45, 2.75) is 38.9 Å². The first kappa shape index (κ1) is 13.7. The van der Waals surface area contributed by atoms with Crippen molar-refractivity contribution < 1.29 is 19.2 Å². The Bertz CT molecular complexity index is 507. The molecule has 0 aromatic heterocycles. The van der Waals surface area contributed by atoms with Crippen molar-refractivity contribution in [3.63, 3.8) is 0 Å². The summed E-state index contributed by atoms with van der Waals surface area (Å²) in [7, 11) is 0. The van der Waals surface area contributed by atoms with E-state index < -0.39 is 22.3 Å². The molecule has 19 heavy (non-hydrogen) atoms. The minimum Gasteiger partial charge on any atom is -0.483 e. The van der Waals surface area contributed by atoms with E-state index in [1.165, 1.54) is 0 Å². The average molecular weight is 269 g/mol. The van der Waals surface area contributed by atoms with Gasteiger partial charge in [-0.15, -0.1) is 0 Å². The summed E-state index contributed by atoms with van der Waals surface area (Å²) in [6, 6.07) is 3.13. The summed E-state index contributed by atoms with van der Waals surface area (Å²) in [5, 5.41) is 20.6. The zero-order chi connectivity index (χ0) is 14.2. The van der Waals surface area contributed by atoms with Gasteiger partial charge in [-0.1, -0.05) is 13.8 Å². The minimum atomic E-state index is -0.604. The second-order valence-electron chi connectivity index (χ2n) is 5.09. The van der Waals surface area contributed by atoms with Gasteiger partial charge in [0.1, 0.15) is 11.9 Å². The largest absolute Gasteiger partial charge is 0.483 e. The molecule has 1 aromatic carbocycles. The first-order chi connectivity index (χ1) is 8.88. The van der Waals surface area contributed by atoms with Gasteiger partial charge in [-0.05, 0) is 12.5 Å². The maximum Gasteiger partial charge on any atom is 0.311 e. The Hall–Kier alpha value is -1.69. The molecule has 1 aliphatic rings. The quantitative estimate of drug-likeness (QED) is 0.673. The number of rotatable bonds is 4. The molecular weight excluding hydrogens is 253 g/mol. The average Bonchev–Trinajstić information content (AvgIpc) is 2.37. The van der Waals surface area contributed by atoms with Crippen molar-refractivity contribution in [1.29, 1.82) is 0 Å². The van der Waals surface area contributed by atoms with Crippen molar-refractivity contribution in [3.05, 3.63) is 34.1 Å². The molecule has 1 aliphatic carbocycles. The first-order valence-electron chi connectivity index (χ1n) is 6.17. The highest BCUT2D eigenvalue weighted by Crippen LogP contribution is 2.47. The van der Waals surface area contributed by atoms with E-state index in [4.69, 9.17) is 4.74 Å². The molecule has 0 saturated heterocycles. The highest BCUT2D eigenvalue weighted by Gasteiger charge is 2.52. The van der Waals surface area contributed by atoms with Crippen molar-refractivity contribution in [1.82, 2.24) is 0 Å². The van der Waals surface area contributed by atoms with Crippen LogP contribution < -0.4 is 4.74 Å². The molecule has 3 unspecified atom stereocenters. The Kier molecular flexibility index (Phi) is 3.45. The molecule has 0 amide bonds. The normalized spacial score (nSPS) is 29.7. The number of benzene rings is 1. The summed E-state index contributed by atoms with van der Waals surface area (Å²) < 4.78 is 18.7. The van der Waals surface area contributed by atoms with Crippen LogP contribution in [0.25, 0.3) is 0 Å². The SMILES string of the molecule is CCC1(C)C(O)CC1Oc1cc(F)ccc1[N+](=O)[O-]. The molecule has 0 radical (unpaired) electrons. The zero-order valence-corrected chi connectivity index (χ0v) is 10.8. The summed E-state index contributed by atoms with van der Waals surface area (Å²) in [6.45, 7) is 3.77. The van der Waals surface area contributed by atoms with E-state index in [2.05, 4.69) is 0 Å². The fraction of sp³-hybridized carbons (Fsp3) is 0.538. The van der Waals surface area contributed by atoms with Crippen LogP contribution in [-0.4, -0.2) is 22.2 Å². The second kappa shape index (κ2) is 4.77. The minimum absolute atomic E-state index is 0.0819. The van der Waals surface area contributed by atoms with E-state index in [1.54, 1.807) is 0 Å². The lowest BCUT2D eigenvalue weighted by Crippen LogP contribution is -2.57. The highest BCUT2D eigenvalue weighted by molar-refractivity contribution is 5.46. The van der Waals surface area contributed by atoms with Crippen LogP contribution in [0.5, 0.6) is 5.75 Å². The smallest absolute Gasteiger partial charge is 0.311 e. The lowest BCUT2D eigenvalue weighted by atomic mass is 9.63. The number of aliphatic hydroxyl groups is 1. The van der Waals surface area contributed by atoms with Crippen LogP contribution >= 0.6 is 0 Å². The second-order valence-corrected chi connectivity index (χ2v) is 5.09. The number of hydrogen-bond donors (Lipinski definition) is 1. The fourth-order valence-corrected chi connectivity index (χ4v) is 2.33. The van der Waals surface area contributed by atoms with Gasteiger partial charge < -0.3 is 9.84 Å². The van der Waals surface area contributed by atoms with Crippen LogP contribution in [-0.2, 0) is 0 Å². The van der Waals surface area contributed by atoms with Crippen LogP contribution in [0.15, 0.2) is 18.2 Å². The lowest BCUT2D eigenvalue weighted by molar-refractivity contribution is -0.386. The topological polar surface area (TPSA) is 72.6 Å². The molecule has 0 aliphatic heterocycles. The van der Waals surface area contributed by atoms with Crippen molar-refractivity contribution in [2.75, 3.05) is 0 Å². The maximum absolute atomic E-state index is 13.2. The van der Waals surface area contributed by atoms with Crippen molar-refractivity contribution in [3.8, 4) is 5.75 Å². The van der Waals surface area contributed by atoms with E-state index in [0.29, 0.717) is 12.8 Å². The van der Waals surface area contributed by atoms with E-state index >= 15 is 0 Å². The van der Waals surface area contributed by atoms with Crippen LogP contribution in [0.4, 0.5) is 10.1 Å². The molecule has 1 N–H and O–H groups in total. The molecular formula is C13H16FNO4. The van der Waals surface area contributed by atoms with E-state index in [0.717, 1.165) is 18.2 Å². The molecule has 2 rings (SSSR count). The Morgan fingerprint density at radius 1 is 1.63 bits per heavy atom. The van der Waals surface area contributed by atoms with E-state index in [9.17, 15) is 19.6 Å². The molecule has 1 saturated carbocycles. The number of nitro groups is 1. The summed E-state index contributed by atoms with van der Waals surface area (Å²) >= 11 is 0. The van der Waals surface area contributed by atoms with Gasteiger partial charge in [0.25, 0.3) is 0 Å². The molecule has 3 atom stereocenters. The third-order valence-corrected chi connectivity index (χ3v) is 4.08. The Labute approximate surface area is 110 Å². The predicted octanol–water partition coefficient (Wildman–Crippen LogP) is 2.66. The monoisotopic (exact) mass is 269 g/mol. The molecule has 5 nitrogen and oxygen atoms in total. The summed E-state index contributed by atoms with van der Waals surface area (Å²) in [5.74, 6) is -0.666. The van der Waals surface area contributed by atoms with Gasteiger partial charge in [0, 0.05) is 24.0 Å². The van der Waals surface area contributed by atoms with E-state index in [-0.39, 0.29) is 17.5 Å². The molecule has 6 heteroatoms. The third kappa shape index (κ3) is 2.28. The standard InChI is InChI=1S/C13H16FNO4/c1-3-13(2)11(16)7-12(13)19-10-6-8(14)4-5-9(10)15(17)18/h4-6,11-12,16H,3,7H2,1-2H3. The zero-order valence-electron chi connectivity index (χ0n) is 10.8. The molecule has 1 aromatic rings. The Balaban J connectivity index is 2.25. The number of aliphatic hydroxyl groups excluding tert-OH is 1. The number of hydrogen-bond acceptors (Lipinski definition) is 4. The number of nitrogens with zero attached hydrogens (tertiary/aromatic N) is 1. The van der Waals surface area contributed by atoms with Gasteiger partial charge in [-0.2, -0.15) is 0 Å². The van der Waals surface area contributed by atoms with Crippen molar-refractivity contribution >= 4 is 5.69 Å². The predicted molar refractivity (Wildman–Crippen MR) is 66.5 cm³/mol. The molecule has 0 heterocycles. The Morgan fingerprint density at radius 3 is 2.84 bits per heavy atom. The molecule has 1 fully saturated rings. The van der Waals surface area contributed by atoms with Gasteiger partial charge in [-0.25, -0.2) is 4.39 Å². The lowest BCUT2D eigenvalue weighted by Gasteiger charge is -2.50. The van der Waals surface area contributed by atoms with E-state index in [1.807, 2.05) is 13.8 Å². The van der Waals surface area contributed by atoms with Crippen LogP contribution in [0.2, 0.25) is 0 Å². The molecule has 0 spiro atoms. The Morgan fingerprint density at radius 2 is 2.32 bits per heavy atom. The van der Waals surface area contributed by atoms with Gasteiger partial charge in [0.2, 0.25) is 0 Å². The summed E-state index contributed by atoms with van der Waals surface area (Å²) in [5.41, 5.74) is -0.707. The third-order valence-electron chi connectivity index (χ3n) is 4.08. The van der Waals surface area contributed by atoms with Gasteiger partial charge in [-0.3, -0.25) is 10.1 Å². The van der Waals surface area contributed by atoms with Gasteiger partial charge in [0.05, 0.1) is 11.0 Å². The fourth-order valence-electron chi connectivity index (χ4n) is 2.33. The summed E-state index contributed by atoms with van der Waals surface area (Å²) in [4.78, 5) is 10.3. The van der Waals surface area contributed by atoms with Gasteiger partial charge in [0.15, 0.2) is 5.75 Å². The highest BCUT2D eigenvalue weighted by atomic mass is 19.1. The van der Waals surface area contributed by atoms with Crippen LogP contribution in [0, 0.1) is 21.3 Å². The van der Waals surface area contributed by atoms with Gasteiger partial charge >= 0.3 is 5.69 Å². The number of halogens is 1. The van der Waals surface area contributed by atoms with Crippen molar-refractivity contribution in [2.24, 2.45) is 5.41 Å². The van der Waals surface area contributed by atoms with Crippen LogP contribution in [0.1, 0.15) is 26.7 Å². The number of ether oxygens (including phenoxy) is 1. The number of nitro benzene ring substituents is 1. The summed E-state index contributed by atoms with van der Waals surface area (Å²) in [6.07, 6.45) is 0.253. The first-order valence-corrected chi connectivity index (χ1v) is 6.17. The molecule has 0 bridgehead atoms. The molecule has 104 valence electrons. The maximum atomic E-state index is 13.2.